The molecule has 2 rings (SSSR count). The molecule has 0 N–H and O–H groups in total. The van der Waals surface area contributed by atoms with Gasteiger partial charge in [0.1, 0.15) is 4.60 Å². The molecule has 3 nitrogen and oxygen atoms in total. The molecule has 0 saturated carbocycles. The highest BCUT2D eigenvalue weighted by molar-refractivity contribution is 9.10. The maximum Gasteiger partial charge on any atom is 0.190 e. The minimum Gasteiger partial charge on any atom is -0.232 e. The first kappa shape index (κ1) is 8.40. The summed E-state index contributed by atoms with van der Waals surface area (Å²) in [5.41, 5.74) is 0.729. The van der Waals surface area contributed by atoms with Crippen molar-refractivity contribution in [2.45, 2.75) is 4.34 Å². The van der Waals surface area contributed by atoms with E-state index in [0.29, 0.717) is 0 Å². The Balaban J connectivity index is 2.67. The van der Waals surface area contributed by atoms with Gasteiger partial charge in [0.25, 0.3) is 0 Å². The molecule has 62 valence electrons. The number of rotatable bonds is 1. The maximum absolute atomic E-state index is 4.26. The summed E-state index contributed by atoms with van der Waals surface area (Å²) in [6, 6.07) is 0. The zero-order valence-electron chi connectivity index (χ0n) is 6.11. The number of thioether (sulfide) groups is 1. The van der Waals surface area contributed by atoms with Gasteiger partial charge in [-0.15, -0.1) is 0 Å². The van der Waals surface area contributed by atoms with Crippen LogP contribution in [-0.4, -0.2) is 21.2 Å². The Morgan fingerprint density at radius 1 is 1.50 bits per heavy atom. The van der Waals surface area contributed by atoms with Crippen molar-refractivity contribution in [3.05, 3.63) is 10.8 Å². The van der Waals surface area contributed by atoms with Gasteiger partial charge in [-0.2, -0.15) is 0 Å². The van der Waals surface area contributed by atoms with Gasteiger partial charge in [-0.05, 0) is 22.2 Å². The van der Waals surface area contributed by atoms with Crippen molar-refractivity contribution in [3.8, 4) is 0 Å². The molecule has 0 aliphatic heterocycles. The van der Waals surface area contributed by atoms with E-state index in [1.165, 1.54) is 0 Å². The van der Waals surface area contributed by atoms with Crippen LogP contribution in [0.1, 0.15) is 0 Å². The predicted octanol–water partition coefficient (Wildman–Crippen LogP) is 2.57. The van der Waals surface area contributed by atoms with Gasteiger partial charge >= 0.3 is 0 Å². The van der Waals surface area contributed by atoms with Gasteiger partial charge in [-0.25, -0.2) is 15.0 Å². The van der Waals surface area contributed by atoms with E-state index in [4.69, 9.17) is 0 Å². The second kappa shape index (κ2) is 3.27. The molecule has 6 heteroatoms. The van der Waals surface area contributed by atoms with Crippen LogP contribution < -0.4 is 0 Å². The Morgan fingerprint density at radius 3 is 3.08 bits per heavy atom. The van der Waals surface area contributed by atoms with E-state index >= 15 is 0 Å². The highest BCUT2D eigenvalue weighted by atomic mass is 79.9. The molecule has 0 atom stereocenters. The third-order valence-corrected chi connectivity index (χ3v) is 3.55. The lowest BCUT2D eigenvalue weighted by atomic mass is 10.7. The average Bonchev–Trinajstić information content (AvgIpc) is 2.46. The minimum atomic E-state index is 0.729. The molecular weight excluding hydrogens is 258 g/mol. The summed E-state index contributed by atoms with van der Waals surface area (Å²) in [6.45, 7) is 0. The molecular formula is C6H4BrN3S2. The number of thiazole rings is 1. The average molecular weight is 262 g/mol. The van der Waals surface area contributed by atoms with Crippen molar-refractivity contribution in [1.29, 1.82) is 0 Å². The van der Waals surface area contributed by atoms with E-state index in [0.717, 1.165) is 19.4 Å². The molecule has 0 aliphatic rings. The van der Waals surface area contributed by atoms with E-state index in [2.05, 4.69) is 30.9 Å². The fraction of sp³-hybridized carbons (Fsp3) is 0.167. The lowest BCUT2D eigenvalue weighted by molar-refractivity contribution is 1.19. The topological polar surface area (TPSA) is 38.7 Å². The molecule has 2 heterocycles. The maximum atomic E-state index is 4.26. The predicted molar refractivity (Wildman–Crippen MR) is 54.7 cm³/mol. The first-order valence-electron chi connectivity index (χ1n) is 3.12. The molecule has 2 aromatic rings. The summed E-state index contributed by atoms with van der Waals surface area (Å²) < 4.78 is 1.76. The molecule has 0 spiro atoms. The van der Waals surface area contributed by atoms with Gasteiger partial charge < -0.3 is 0 Å². The van der Waals surface area contributed by atoms with E-state index in [1.807, 2.05) is 6.26 Å². The molecule has 0 amide bonds. The Morgan fingerprint density at radius 2 is 2.33 bits per heavy atom. The normalized spacial score (nSPS) is 10.8. The Kier molecular flexibility index (Phi) is 2.29. The molecule has 0 radical (unpaired) electrons. The lowest BCUT2D eigenvalue weighted by Crippen LogP contribution is -1.79. The second-order valence-corrected chi connectivity index (χ2v) is 4.85. The molecule has 0 saturated heterocycles. The van der Waals surface area contributed by atoms with Crippen LogP contribution in [0.25, 0.3) is 10.5 Å². The van der Waals surface area contributed by atoms with Crippen molar-refractivity contribution in [2.24, 2.45) is 0 Å². The van der Waals surface area contributed by atoms with Gasteiger partial charge in [0.2, 0.25) is 0 Å². The summed E-state index contributed by atoms with van der Waals surface area (Å²) in [4.78, 5) is 13.5. The van der Waals surface area contributed by atoms with Crippen LogP contribution in [0.2, 0.25) is 0 Å². The molecule has 2 aromatic heterocycles. The van der Waals surface area contributed by atoms with E-state index in [-0.39, 0.29) is 0 Å². The molecule has 12 heavy (non-hydrogen) atoms. The van der Waals surface area contributed by atoms with Gasteiger partial charge in [-0.1, -0.05) is 23.1 Å². The summed E-state index contributed by atoms with van der Waals surface area (Å²) in [5.74, 6) is 0. The van der Waals surface area contributed by atoms with Crippen LogP contribution in [0.5, 0.6) is 0 Å². The summed E-state index contributed by atoms with van der Waals surface area (Å²) in [7, 11) is 0. The van der Waals surface area contributed by atoms with E-state index in [9.17, 15) is 0 Å². The SMILES string of the molecule is CSc1nc2ncc(Br)nc2s1. The third-order valence-electron chi connectivity index (χ3n) is 1.25. The van der Waals surface area contributed by atoms with Crippen molar-refractivity contribution < 1.29 is 0 Å². The highest BCUT2D eigenvalue weighted by Gasteiger charge is 2.04. The van der Waals surface area contributed by atoms with Crippen LogP contribution in [-0.2, 0) is 0 Å². The number of fused-ring (bicyclic) bond motifs is 1. The fourth-order valence-corrected chi connectivity index (χ4v) is 2.55. The molecule has 0 aromatic carbocycles. The van der Waals surface area contributed by atoms with Crippen molar-refractivity contribution in [3.63, 3.8) is 0 Å². The molecule has 0 aliphatic carbocycles. The van der Waals surface area contributed by atoms with E-state index in [1.54, 1.807) is 29.3 Å². The van der Waals surface area contributed by atoms with Crippen LogP contribution in [0, 0.1) is 0 Å². The minimum absolute atomic E-state index is 0.729. The number of nitrogens with zero attached hydrogens (tertiary/aromatic N) is 3. The van der Waals surface area contributed by atoms with Gasteiger partial charge in [0, 0.05) is 0 Å². The van der Waals surface area contributed by atoms with Crippen molar-refractivity contribution >= 4 is 49.5 Å². The quantitative estimate of drug-likeness (QED) is 0.740. The Hall–Kier alpha value is -0.200. The van der Waals surface area contributed by atoms with Gasteiger partial charge in [0.05, 0.1) is 6.20 Å². The van der Waals surface area contributed by atoms with Gasteiger partial charge in [0.15, 0.2) is 14.8 Å². The Labute approximate surface area is 85.8 Å². The Bertz CT molecular complexity index is 414. The molecule has 0 unspecified atom stereocenters. The standard InChI is InChI=1S/C6H4BrN3S2/c1-11-6-10-4-5(12-6)9-3(7)2-8-4/h2H,1H3. The summed E-state index contributed by atoms with van der Waals surface area (Å²) in [5, 5.41) is 0. The molecule has 0 bridgehead atoms. The van der Waals surface area contributed by atoms with Crippen LogP contribution in [0.3, 0.4) is 0 Å². The van der Waals surface area contributed by atoms with Crippen LogP contribution >= 0.6 is 39.0 Å². The number of aromatic nitrogens is 3. The first-order valence-corrected chi connectivity index (χ1v) is 5.96. The molecule has 0 fully saturated rings. The second-order valence-electron chi connectivity index (χ2n) is 2.01. The van der Waals surface area contributed by atoms with E-state index < -0.39 is 0 Å². The zero-order valence-corrected chi connectivity index (χ0v) is 9.33. The van der Waals surface area contributed by atoms with Gasteiger partial charge in [-0.3, -0.25) is 0 Å². The largest absolute Gasteiger partial charge is 0.232 e. The summed E-state index contributed by atoms with van der Waals surface area (Å²) in [6.07, 6.45) is 3.65. The zero-order chi connectivity index (χ0) is 8.55. The lowest BCUT2D eigenvalue weighted by Gasteiger charge is -1.85. The summed E-state index contributed by atoms with van der Waals surface area (Å²) >= 11 is 6.43. The monoisotopic (exact) mass is 261 g/mol. The fourth-order valence-electron chi connectivity index (χ4n) is 0.770. The number of hydrogen-bond acceptors (Lipinski definition) is 5. The first-order chi connectivity index (χ1) is 5.79. The van der Waals surface area contributed by atoms with Crippen LogP contribution in [0.4, 0.5) is 0 Å². The number of halogens is 1. The van der Waals surface area contributed by atoms with Crippen molar-refractivity contribution in [1.82, 2.24) is 15.0 Å². The third kappa shape index (κ3) is 1.46. The highest BCUT2D eigenvalue weighted by Crippen LogP contribution is 2.25. The van der Waals surface area contributed by atoms with Crippen LogP contribution in [0.15, 0.2) is 15.1 Å². The number of hydrogen-bond donors (Lipinski definition) is 0. The smallest absolute Gasteiger partial charge is 0.190 e. The van der Waals surface area contributed by atoms with Crippen molar-refractivity contribution in [2.75, 3.05) is 6.26 Å².